The van der Waals surface area contributed by atoms with Crippen molar-refractivity contribution in [1.82, 2.24) is 29.8 Å². The maximum absolute atomic E-state index is 4.47. The first kappa shape index (κ1) is 20.4. The summed E-state index contributed by atoms with van der Waals surface area (Å²) in [5, 5.41) is 12.2. The Labute approximate surface area is 182 Å². The molecule has 0 saturated carbocycles. The van der Waals surface area contributed by atoms with E-state index in [0.717, 1.165) is 36.7 Å². The zero-order valence-corrected chi connectivity index (χ0v) is 18.5. The zero-order chi connectivity index (χ0) is 18.6. The van der Waals surface area contributed by atoms with Crippen LogP contribution >= 0.6 is 24.0 Å². The van der Waals surface area contributed by atoms with Crippen LogP contribution in [0.25, 0.3) is 5.69 Å². The topological polar surface area (TPSA) is 63.3 Å². The van der Waals surface area contributed by atoms with Gasteiger partial charge in [-0.3, -0.25) is 9.67 Å². The van der Waals surface area contributed by atoms with Crippen LogP contribution in [0.4, 0.5) is 0 Å². The molecule has 1 N–H and O–H groups in total. The van der Waals surface area contributed by atoms with E-state index in [4.69, 9.17) is 0 Å². The van der Waals surface area contributed by atoms with Gasteiger partial charge < -0.3 is 10.2 Å². The van der Waals surface area contributed by atoms with Gasteiger partial charge in [-0.2, -0.15) is 10.2 Å². The van der Waals surface area contributed by atoms with E-state index < -0.39 is 0 Å². The molecule has 1 aliphatic heterocycles. The lowest BCUT2D eigenvalue weighted by atomic mass is 10.0. The summed E-state index contributed by atoms with van der Waals surface area (Å²) in [6.07, 6.45) is 9.16. The highest BCUT2D eigenvalue weighted by atomic mass is 127. The normalized spacial score (nSPS) is 16.9. The average molecular weight is 491 g/mol. The van der Waals surface area contributed by atoms with E-state index >= 15 is 0 Å². The lowest BCUT2D eigenvalue weighted by Gasteiger charge is -2.21. The summed E-state index contributed by atoms with van der Waals surface area (Å²) in [5.74, 6) is 1.45. The molecule has 4 rings (SSSR count). The third-order valence-corrected chi connectivity index (χ3v) is 5.00. The Kier molecular flexibility index (Phi) is 6.71. The Hall–Kier alpha value is -2.36. The molecule has 3 heterocycles. The van der Waals surface area contributed by atoms with Gasteiger partial charge in [0.1, 0.15) is 0 Å². The lowest BCUT2D eigenvalue weighted by molar-refractivity contribution is 0.486. The third kappa shape index (κ3) is 4.54. The van der Waals surface area contributed by atoms with E-state index in [1.165, 1.54) is 5.56 Å². The highest BCUT2D eigenvalue weighted by Crippen LogP contribution is 2.26. The van der Waals surface area contributed by atoms with E-state index in [1.54, 1.807) is 0 Å². The molecule has 2 aromatic heterocycles. The minimum Gasteiger partial charge on any atom is -0.352 e. The fraction of sp³-hybridized carbons (Fsp3) is 0.350. The molecule has 28 heavy (non-hydrogen) atoms. The summed E-state index contributed by atoms with van der Waals surface area (Å²) < 4.78 is 3.77. The first-order chi connectivity index (χ1) is 13.2. The van der Waals surface area contributed by atoms with Gasteiger partial charge in [-0.05, 0) is 24.1 Å². The Balaban J connectivity index is 0.00000225. The maximum atomic E-state index is 4.47. The zero-order valence-electron chi connectivity index (χ0n) is 16.2. The summed E-state index contributed by atoms with van der Waals surface area (Å²) in [6.45, 7) is 2.67. The molecule has 1 unspecified atom stereocenters. The number of hydrogen-bond acceptors (Lipinski definition) is 3. The molecule has 0 bridgehead atoms. The molecule has 0 aliphatic carbocycles. The molecule has 148 valence electrons. The predicted molar refractivity (Wildman–Crippen MR) is 121 cm³/mol. The molecule has 0 radical (unpaired) electrons. The second-order valence-corrected chi connectivity index (χ2v) is 6.91. The Morgan fingerprint density at radius 1 is 1.18 bits per heavy atom. The SMILES string of the molecule is CN=C(NCc1cnn(-c2ccccc2)c1)N1CCC(c2cnn(C)c2)C1.I. The highest BCUT2D eigenvalue weighted by Gasteiger charge is 2.26. The predicted octanol–water partition coefficient (Wildman–Crippen LogP) is 2.79. The minimum atomic E-state index is 0. The van der Waals surface area contributed by atoms with E-state index in [9.17, 15) is 0 Å². The quantitative estimate of drug-likeness (QED) is 0.347. The van der Waals surface area contributed by atoms with Crippen molar-refractivity contribution in [2.75, 3.05) is 20.1 Å². The number of aliphatic imine (C=N–C) groups is 1. The first-order valence-electron chi connectivity index (χ1n) is 9.26. The summed E-state index contributed by atoms with van der Waals surface area (Å²) >= 11 is 0. The lowest BCUT2D eigenvalue weighted by Crippen LogP contribution is -2.39. The molecular weight excluding hydrogens is 465 g/mol. The molecule has 8 heteroatoms. The summed E-state index contributed by atoms with van der Waals surface area (Å²) in [7, 11) is 3.80. The number of aromatic nitrogens is 4. The second kappa shape index (κ2) is 9.22. The average Bonchev–Trinajstić information content (AvgIpc) is 3.44. The van der Waals surface area contributed by atoms with Crippen molar-refractivity contribution in [3.8, 4) is 5.69 Å². The van der Waals surface area contributed by atoms with Crippen LogP contribution in [-0.2, 0) is 13.6 Å². The summed E-state index contributed by atoms with van der Waals surface area (Å²) in [4.78, 5) is 6.79. The monoisotopic (exact) mass is 491 g/mol. The van der Waals surface area contributed by atoms with Gasteiger partial charge in [-0.15, -0.1) is 24.0 Å². The van der Waals surface area contributed by atoms with Crippen LogP contribution in [0.5, 0.6) is 0 Å². The standard InChI is InChI=1S/C20H25N7.HI/c1-21-20(26-9-8-17(15-26)18-12-23-25(2)14-18)22-10-16-11-24-27(13-16)19-6-4-3-5-7-19;/h3-7,11-14,17H,8-10,15H2,1-2H3,(H,21,22);1H. The van der Waals surface area contributed by atoms with Gasteiger partial charge in [0.15, 0.2) is 5.96 Å². The second-order valence-electron chi connectivity index (χ2n) is 6.91. The number of para-hydroxylation sites is 1. The number of nitrogens with zero attached hydrogens (tertiary/aromatic N) is 6. The number of nitrogens with one attached hydrogen (secondary N) is 1. The molecule has 1 fully saturated rings. The van der Waals surface area contributed by atoms with Crippen LogP contribution in [0.3, 0.4) is 0 Å². The number of likely N-dealkylation sites (tertiary alicyclic amines) is 1. The largest absolute Gasteiger partial charge is 0.352 e. The van der Waals surface area contributed by atoms with Crippen LogP contribution in [0.15, 0.2) is 60.1 Å². The van der Waals surface area contributed by atoms with E-state index in [-0.39, 0.29) is 24.0 Å². The fourth-order valence-corrected chi connectivity index (χ4v) is 3.56. The Morgan fingerprint density at radius 2 is 2.00 bits per heavy atom. The number of rotatable bonds is 4. The van der Waals surface area contributed by atoms with Crippen molar-refractivity contribution < 1.29 is 0 Å². The van der Waals surface area contributed by atoms with Crippen molar-refractivity contribution in [2.45, 2.75) is 18.9 Å². The van der Waals surface area contributed by atoms with Crippen LogP contribution in [0.1, 0.15) is 23.5 Å². The van der Waals surface area contributed by atoms with Gasteiger partial charge in [0.2, 0.25) is 0 Å². The maximum Gasteiger partial charge on any atom is 0.193 e. The van der Waals surface area contributed by atoms with Crippen molar-refractivity contribution in [3.63, 3.8) is 0 Å². The summed E-state index contributed by atoms with van der Waals surface area (Å²) in [5.41, 5.74) is 3.49. The highest BCUT2D eigenvalue weighted by molar-refractivity contribution is 14.0. The molecular formula is C20H26IN7. The molecule has 3 aromatic rings. The Morgan fingerprint density at radius 3 is 2.71 bits per heavy atom. The first-order valence-corrected chi connectivity index (χ1v) is 9.26. The Bertz CT molecular complexity index is 916. The third-order valence-electron chi connectivity index (χ3n) is 5.00. The van der Waals surface area contributed by atoms with Gasteiger partial charge in [0.25, 0.3) is 0 Å². The summed E-state index contributed by atoms with van der Waals surface area (Å²) in [6, 6.07) is 10.1. The van der Waals surface area contributed by atoms with Gasteiger partial charge in [-0.1, -0.05) is 18.2 Å². The number of benzene rings is 1. The number of hydrogen-bond donors (Lipinski definition) is 1. The van der Waals surface area contributed by atoms with Crippen LogP contribution < -0.4 is 5.32 Å². The molecule has 1 aliphatic rings. The van der Waals surface area contributed by atoms with Crippen molar-refractivity contribution >= 4 is 29.9 Å². The number of guanidine groups is 1. The molecule has 1 atom stereocenters. The number of aryl methyl sites for hydroxylation is 1. The minimum absolute atomic E-state index is 0. The number of halogens is 1. The van der Waals surface area contributed by atoms with Crippen molar-refractivity contribution in [3.05, 3.63) is 66.2 Å². The van der Waals surface area contributed by atoms with Crippen LogP contribution in [0, 0.1) is 0 Å². The van der Waals surface area contributed by atoms with E-state index in [2.05, 4.69) is 37.8 Å². The van der Waals surface area contributed by atoms with Gasteiger partial charge >= 0.3 is 0 Å². The molecule has 0 spiro atoms. The van der Waals surface area contributed by atoms with E-state index in [0.29, 0.717) is 12.5 Å². The molecule has 7 nitrogen and oxygen atoms in total. The van der Waals surface area contributed by atoms with Crippen LogP contribution in [0.2, 0.25) is 0 Å². The van der Waals surface area contributed by atoms with Gasteiger partial charge in [0.05, 0.1) is 18.1 Å². The molecule has 1 saturated heterocycles. The molecule has 0 amide bonds. The van der Waals surface area contributed by atoms with Crippen molar-refractivity contribution in [2.24, 2.45) is 12.0 Å². The van der Waals surface area contributed by atoms with Crippen molar-refractivity contribution in [1.29, 1.82) is 0 Å². The van der Waals surface area contributed by atoms with Gasteiger partial charge in [0, 0.05) is 57.6 Å². The fourth-order valence-electron chi connectivity index (χ4n) is 3.56. The van der Waals surface area contributed by atoms with Crippen LogP contribution in [-0.4, -0.2) is 50.6 Å². The smallest absolute Gasteiger partial charge is 0.193 e. The molecule has 1 aromatic carbocycles. The van der Waals surface area contributed by atoms with Gasteiger partial charge in [-0.25, -0.2) is 4.68 Å². The van der Waals surface area contributed by atoms with E-state index in [1.807, 2.05) is 66.2 Å².